The molecule has 6 heteroatoms. The molecule has 0 saturated carbocycles. The molecule has 2 aromatic heterocycles. The first-order valence-corrected chi connectivity index (χ1v) is 9.40. The minimum Gasteiger partial charge on any atom is -0.465 e. The van der Waals surface area contributed by atoms with Gasteiger partial charge in [0.1, 0.15) is 23.0 Å². The smallest absolute Gasteiger partial charge is 0.258 e. The van der Waals surface area contributed by atoms with Crippen molar-refractivity contribution in [3.05, 3.63) is 40.2 Å². The van der Waals surface area contributed by atoms with E-state index >= 15 is 0 Å². The highest BCUT2D eigenvalue weighted by Gasteiger charge is 2.38. The maximum atomic E-state index is 13.3. The number of carbonyl (C=O) groups is 2. The third-order valence-corrected chi connectivity index (χ3v) is 5.43. The van der Waals surface area contributed by atoms with E-state index in [-0.39, 0.29) is 23.7 Å². The number of hydrogen-bond acceptors (Lipinski definition) is 5. The van der Waals surface area contributed by atoms with E-state index in [1.165, 1.54) is 0 Å². The van der Waals surface area contributed by atoms with E-state index in [4.69, 9.17) is 8.94 Å². The Bertz CT molecular complexity index is 861. The number of hydrogen-bond donors (Lipinski definition) is 0. The van der Waals surface area contributed by atoms with Crippen molar-refractivity contribution in [3.8, 4) is 0 Å². The Balaban J connectivity index is 1.67. The minimum absolute atomic E-state index is 0.0192. The summed E-state index contributed by atoms with van der Waals surface area (Å²) >= 11 is 0. The number of fused-ring (bicyclic) bond motifs is 1. The highest BCUT2D eigenvalue weighted by atomic mass is 16.5. The maximum absolute atomic E-state index is 13.3. The first-order chi connectivity index (χ1) is 12.5. The summed E-state index contributed by atoms with van der Waals surface area (Å²) in [4.78, 5) is 27.6. The van der Waals surface area contributed by atoms with Gasteiger partial charge < -0.3 is 13.8 Å². The number of carbonyl (C=O) groups excluding carboxylic acids is 2. The van der Waals surface area contributed by atoms with Gasteiger partial charge in [0.05, 0.1) is 17.2 Å². The van der Waals surface area contributed by atoms with Gasteiger partial charge in [-0.15, -0.1) is 0 Å². The predicted octanol–water partition coefficient (Wildman–Crippen LogP) is 4.20. The van der Waals surface area contributed by atoms with E-state index in [1.54, 1.807) is 6.92 Å². The zero-order valence-corrected chi connectivity index (χ0v) is 15.5. The molecule has 0 radical (unpaired) electrons. The van der Waals surface area contributed by atoms with Crippen LogP contribution in [0.2, 0.25) is 0 Å². The topological polar surface area (TPSA) is 76.6 Å². The molecule has 4 rings (SSSR count). The number of amides is 1. The number of rotatable bonds is 3. The van der Waals surface area contributed by atoms with Gasteiger partial charge in [-0.1, -0.05) is 19.0 Å². The second-order valence-electron chi connectivity index (χ2n) is 7.57. The molecule has 0 bridgehead atoms. The number of nitrogens with zero attached hydrogens (tertiary/aromatic N) is 2. The second-order valence-corrected chi connectivity index (χ2v) is 7.57. The maximum Gasteiger partial charge on any atom is 0.258 e. The molecule has 2 aromatic rings. The SMILES string of the molecule is Cc1oc2c(c1C(=O)N1CCC[C@@H]1c1cc(C(C)C)on1)C(=O)CCC2. The van der Waals surface area contributed by atoms with E-state index in [9.17, 15) is 9.59 Å². The highest BCUT2D eigenvalue weighted by Crippen LogP contribution is 2.37. The fraction of sp³-hybridized carbons (Fsp3) is 0.550. The summed E-state index contributed by atoms with van der Waals surface area (Å²) in [5, 5.41) is 4.20. The van der Waals surface area contributed by atoms with Crippen molar-refractivity contribution in [1.29, 1.82) is 0 Å². The molecule has 1 saturated heterocycles. The van der Waals surface area contributed by atoms with Gasteiger partial charge in [-0.3, -0.25) is 9.59 Å². The summed E-state index contributed by atoms with van der Waals surface area (Å²) in [5.41, 5.74) is 1.75. The van der Waals surface area contributed by atoms with Crippen LogP contribution < -0.4 is 0 Å². The van der Waals surface area contributed by atoms with Crippen molar-refractivity contribution in [2.24, 2.45) is 0 Å². The van der Waals surface area contributed by atoms with Gasteiger partial charge in [0.25, 0.3) is 5.91 Å². The van der Waals surface area contributed by atoms with Gasteiger partial charge in [0.15, 0.2) is 5.78 Å². The van der Waals surface area contributed by atoms with E-state index in [0.29, 0.717) is 35.6 Å². The lowest BCUT2D eigenvalue weighted by molar-refractivity contribution is 0.0724. The van der Waals surface area contributed by atoms with Crippen LogP contribution in [-0.2, 0) is 6.42 Å². The minimum atomic E-state index is -0.126. The number of Topliss-reactive ketones (excluding diaryl/α,β-unsaturated/α-hetero) is 1. The molecular weight excluding hydrogens is 332 g/mol. The van der Waals surface area contributed by atoms with Crippen molar-refractivity contribution < 1.29 is 18.5 Å². The van der Waals surface area contributed by atoms with Crippen molar-refractivity contribution in [2.75, 3.05) is 6.54 Å². The van der Waals surface area contributed by atoms with Crippen LogP contribution in [-0.4, -0.2) is 28.3 Å². The summed E-state index contributed by atoms with van der Waals surface area (Å²) in [6.07, 6.45) is 3.75. The molecule has 2 aliphatic rings. The lowest BCUT2D eigenvalue weighted by atomic mass is 9.92. The van der Waals surface area contributed by atoms with E-state index < -0.39 is 0 Å². The van der Waals surface area contributed by atoms with Gasteiger partial charge in [-0.2, -0.15) is 0 Å². The molecule has 1 amide bonds. The average Bonchev–Trinajstić information content (AvgIpc) is 3.31. The number of ketones is 1. The standard InChI is InChI=1S/C20H24N2O4/c1-11(2)17-10-13(21-26-17)14-6-5-9-22(14)20(24)18-12(3)25-16-8-4-7-15(23)19(16)18/h10-11,14H,4-9H2,1-3H3/t14-/m1/s1. The monoisotopic (exact) mass is 356 g/mol. The van der Waals surface area contributed by atoms with Gasteiger partial charge in [0, 0.05) is 31.4 Å². The zero-order chi connectivity index (χ0) is 18.4. The third-order valence-electron chi connectivity index (χ3n) is 5.43. The van der Waals surface area contributed by atoms with Crippen LogP contribution >= 0.6 is 0 Å². The molecule has 6 nitrogen and oxygen atoms in total. The van der Waals surface area contributed by atoms with Crippen LogP contribution in [0.1, 0.15) is 95.2 Å². The molecule has 1 fully saturated rings. The van der Waals surface area contributed by atoms with Gasteiger partial charge in [-0.05, 0) is 26.2 Å². The Kier molecular flexibility index (Phi) is 4.21. The van der Waals surface area contributed by atoms with Crippen LogP contribution in [0.5, 0.6) is 0 Å². The molecule has 0 N–H and O–H groups in total. The normalized spacial score (nSPS) is 20.1. The molecule has 1 aliphatic heterocycles. The second kappa shape index (κ2) is 6.41. The first kappa shape index (κ1) is 17.1. The average molecular weight is 356 g/mol. The molecule has 26 heavy (non-hydrogen) atoms. The summed E-state index contributed by atoms with van der Waals surface area (Å²) in [6, 6.07) is 1.84. The Morgan fingerprint density at radius 2 is 2.12 bits per heavy atom. The van der Waals surface area contributed by atoms with Gasteiger partial charge >= 0.3 is 0 Å². The lowest BCUT2D eigenvalue weighted by Gasteiger charge is -2.23. The summed E-state index contributed by atoms with van der Waals surface area (Å²) < 4.78 is 11.2. The molecule has 1 atom stereocenters. The Morgan fingerprint density at radius 1 is 1.31 bits per heavy atom. The van der Waals surface area contributed by atoms with Crippen molar-refractivity contribution in [3.63, 3.8) is 0 Å². The highest BCUT2D eigenvalue weighted by molar-refractivity contribution is 6.10. The van der Waals surface area contributed by atoms with Crippen LogP contribution in [0.3, 0.4) is 0 Å². The number of aryl methyl sites for hydroxylation is 2. The fourth-order valence-corrected chi connectivity index (χ4v) is 4.06. The van der Waals surface area contributed by atoms with Crippen molar-refractivity contribution in [2.45, 2.75) is 64.8 Å². The van der Waals surface area contributed by atoms with Crippen LogP contribution in [0.4, 0.5) is 0 Å². The Hall–Kier alpha value is -2.37. The lowest BCUT2D eigenvalue weighted by Crippen LogP contribution is -2.32. The quantitative estimate of drug-likeness (QED) is 0.824. The largest absolute Gasteiger partial charge is 0.465 e. The van der Waals surface area contributed by atoms with Gasteiger partial charge in [0.2, 0.25) is 0 Å². The third kappa shape index (κ3) is 2.68. The molecule has 0 unspecified atom stereocenters. The fourth-order valence-electron chi connectivity index (χ4n) is 4.06. The van der Waals surface area contributed by atoms with Crippen molar-refractivity contribution in [1.82, 2.24) is 10.1 Å². The summed E-state index contributed by atoms with van der Waals surface area (Å²) in [5.74, 6) is 2.18. The molecule has 138 valence electrons. The van der Waals surface area contributed by atoms with E-state index in [0.717, 1.165) is 37.1 Å². The summed E-state index contributed by atoms with van der Waals surface area (Å²) in [7, 11) is 0. The van der Waals surface area contributed by atoms with Crippen LogP contribution in [0.25, 0.3) is 0 Å². The molecular formula is C20H24N2O4. The van der Waals surface area contributed by atoms with Crippen LogP contribution in [0, 0.1) is 6.92 Å². The number of aromatic nitrogens is 1. The van der Waals surface area contributed by atoms with Crippen LogP contribution in [0.15, 0.2) is 15.0 Å². The van der Waals surface area contributed by atoms with E-state index in [1.807, 2.05) is 11.0 Å². The van der Waals surface area contributed by atoms with Gasteiger partial charge in [-0.25, -0.2) is 0 Å². The van der Waals surface area contributed by atoms with Crippen molar-refractivity contribution >= 4 is 11.7 Å². The molecule has 3 heterocycles. The number of furan rings is 1. The first-order valence-electron chi connectivity index (χ1n) is 9.40. The molecule has 0 spiro atoms. The predicted molar refractivity (Wildman–Crippen MR) is 94.3 cm³/mol. The summed E-state index contributed by atoms with van der Waals surface area (Å²) in [6.45, 7) is 6.53. The molecule has 1 aliphatic carbocycles. The Labute approximate surface area is 152 Å². The Morgan fingerprint density at radius 3 is 2.85 bits per heavy atom. The number of likely N-dealkylation sites (tertiary alicyclic amines) is 1. The molecule has 0 aromatic carbocycles. The zero-order valence-electron chi connectivity index (χ0n) is 15.5. The van der Waals surface area contributed by atoms with E-state index in [2.05, 4.69) is 19.0 Å².